The molecule has 0 aromatic carbocycles. The largest absolute Gasteiger partial charge is 0.465 e. The second kappa shape index (κ2) is 4.64. The Morgan fingerprint density at radius 1 is 1.29 bits per heavy atom. The van der Waals surface area contributed by atoms with Crippen molar-refractivity contribution in [3.8, 4) is 0 Å². The maximum atomic E-state index is 10.4. The van der Waals surface area contributed by atoms with Crippen molar-refractivity contribution in [1.82, 2.24) is 5.32 Å². The molecule has 0 saturated heterocycles. The van der Waals surface area contributed by atoms with E-state index in [2.05, 4.69) is 5.32 Å². The number of carbonyl (C=O) groups is 1. The zero-order valence-corrected chi connectivity index (χ0v) is 9.68. The zero-order valence-electron chi connectivity index (χ0n) is 9.68. The van der Waals surface area contributed by atoms with E-state index >= 15 is 0 Å². The first kappa shape index (κ1) is 13.2. The van der Waals surface area contributed by atoms with Crippen molar-refractivity contribution in [2.24, 2.45) is 0 Å². The van der Waals surface area contributed by atoms with E-state index < -0.39 is 11.6 Å². The normalized spacial score (nSPS) is 12.6. The van der Waals surface area contributed by atoms with Gasteiger partial charge in [-0.3, -0.25) is 0 Å². The van der Waals surface area contributed by atoms with Gasteiger partial charge in [0.15, 0.2) is 0 Å². The van der Waals surface area contributed by atoms with E-state index in [1.807, 2.05) is 34.6 Å². The molecule has 0 aliphatic rings. The molecule has 0 aromatic heterocycles. The Morgan fingerprint density at radius 3 is 2.14 bits per heavy atom. The molecule has 0 fully saturated rings. The summed E-state index contributed by atoms with van der Waals surface area (Å²) in [6.45, 7) is 10.2. The summed E-state index contributed by atoms with van der Waals surface area (Å²) < 4.78 is 5.51. The monoisotopic (exact) mass is 203 g/mol. The molecule has 0 rings (SSSR count). The molecular weight excluding hydrogens is 182 g/mol. The van der Waals surface area contributed by atoms with Crippen LogP contribution in [0.3, 0.4) is 0 Å². The van der Waals surface area contributed by atoms with E-state index in [1.165, 1.54) is 0 Å². The smallest absolute Gasteiger partial charge is 0.405 e. The third kappa shape index (κ3) is 7.86. The maximum Gasteiger partial charge on any atom is 0.405 e. The summed E-state index contributed by atoms with van der Waals surface area (Å²) in [5.41, 5.74) is -0.601. The number of nitrogens with one attached hydrogen (secondary N) is 1. The first-order valence-electron chi connectivity index (χ1n) is 4.77. The molecule has 0 heterocycles. The summed E-state index contributed by atoms with van der Waals surface area (Å²) in [7, 11) is 0. The Bertz CT molecular complexity index is 194. The van der Waals surface area contributed by atoms with Gasteiger partial charge < -0.3 is 15.2 Å². The van der Waals surface area contributed by atoms with Crippen LogP contribution in [0.4, 0.5) is 4.79 Å². The average molecular weight is 203 g/mol. The van der Waals surface area contributed by atoms with Gasteiger partial charge in [-0.25, -0.2) is 4.79 Å². The van der Waals surface area contributed by atoms with Crippen LogP contribution >= 0.6 is 0 Å². The minimum absolute atomic E-state index is 0.167. The fourth-order valence-electron chi connectivity index (χ4n) is 0.964. The molecule has 0 aromatic rings. The number of carboxylic acid groups (broad SMARTS) is 1. The van der Waals surface area contributed by atoms with Crippen molar-refractivity contribution >= 4 is 6.09 Å². The lowest BCUT2D eigenvalue weighted by Crippen LogP contribution is -2.43. The highest BCUT2D eigenvalue weighted by Crippen LogP contribution is 2.12. The van der Waals surface area contributed by atoms with Crippen molar-refractivity contribution in [3.63, 3.8) is 0 Å². The summed E-state index contributed by atoms with van der Waals surface area (Å²) in [4.78, 5) is 10.4. The Labute approximate surface area is 85.6 Å². The highest BCUT2D eigenvalue weighted by molar-refractivity contribution is 5.65. The molecular formula is C10H21NO3. The van der Waals surface area contributed by atoms with Crippen molar-refractivity contribution in [3.05, 3.63) is 0 Å². The molecule has 0 bridgehead atoms. The van der Waals surface area contributed by atoms with Crippen molar-refractivity contribution < 1.29 is 14.6 Å². The fourth-order valence-corrected chi connectivity index (χ4v) is 0.964. The van der Waals surface area contributed by atoms with Gasteiger partial charge in [-0.15, -0.1) is 0 Å². The quantitative estimate of drug-likeness (QED) is 0.736. The average Bonchev–Trinajstić information content (AvgIpc) is 1.78. The van der Waals surface area contributed by atoms with Crippen LogP contribution in [-0.4, -0.2) is 28.9 Å². The van der Waals surface area contributed by atoms with E-state index in [4.69, 9.17) is 9.84 Å². The summed E-state index contributed by atoms with van der Waals surface area (Å²) in [6.07, 6.45) is -0.331. The lowest BCUT2D eigenvalue weighted by atomic mass is 10.0. The highest BCUT2D eigenvalue weighted by atomic mass is 16.5. The number of amides is 1. The van der Waals surface area contributed by atoms with Crippen LogP contribution in [0, 0.1) is 0 Å². The highest BCUT2D eigenvalue weighted by Gasteiger charge is 2.21. The molecule has 0 atom stereocenters. The van der Waals surface area contributed by atoms with Crippen LogP contribution in [0.25, 0.3) is 0 Å². The third-order valence-corrected chi connectivity index (χ3v) is 1.71. The molecule has 0 unspecified atom stereocenters. The van der Waals surface area contributed by atoms with Gasteiger partial charge in [0.25, 0.3) is 0 Å². The van der Waals surface area contributed by atoms with Gasteiger partial charge in [0.2, 0.25) is 0 Å². The van der Waals surface area contributed by atoms with Gasteiger partial charge in [0.05, 0.1) is 5.60 Å². The minimum Gasteiger partial charge on any atom is -0.465 e. The molecule has 4 heteroatoms. The summed E-state index contributed by atoms with van der Waals surface area (Å²) in [6, 6.07) is 0. The molecule has 0 aliphatic carbocycles. The third-order valence-electron chi connectivity index (χ3n) is 1.71. The van der Waals surface area contributed by atoms with Gasteiger partial charge in [-0.05, 0) is 41.0 Å². The number of hydrogen-bond donors (Lipinski definition) is 2. The van der Waals surface area contributed by atoms with E-state index in [9.17, 15) is 4.79 Å². The molecule has 1 amide bonds. The molecule has 0 aliphatic heterocycles. The van der Waals surface area contributed by atoms with Crippen LogP contribution < -0.4 is 5.32 Å². The Hall–Kier alpha value is -0.770. The van der Waals surface area contributed by atoms with Gasteiger partial charge in [0, 0.05) is 12.1 Å². The second-order valence-electron chi connectivity index (χ2n) is 5.02. The standard InChI is InChI=1S/C10H21NO3/c1-9(2,3)14-7-6-10(4,5)11-8(12)13/h11H,6-7H2,1-5H3,(H,12,13). The first-order valence-corrected chi connectivity index (χ1v) is 4.77. The Morgan fingerprint density at radius 2 is 1.79 bits per heavy atom. The van der Waals surface area contributed by atoms with Crippen LogP contribution in [0.2, 0.25) is 0 Å². The summed E-state index contributed by atoms with van der Waals surface area (Å²) in [5, 5.41) is 11.0. The molecule has 14 heavy (non-hydrogen) atoms. The Balaban J connectivity index is 3.82. The van der Waals surface area contributed by atoms with Crippen molar-refractivity contribution in [2.45, 2.75) is 52.2 Å². The molecule has 0 spiro atoms. The number of ether oxygens (including phenoxy) is 1. The molecule has 4 nitrogen and oxygen atoms in total. The summed E-state index contributed by atoms with van der Waals surface area (Å²) in [5.74, 6) is 0. The van der Waals surface area contributed by atoms with Crippen LogP contribution in [0.15, 0.2) is 0 Å². The molecule has 0 saturated carbocycles. The van der Waals surface area contributed by atoms with Crippen molar-refractivity contribution in [2.75, 3.05) is 6.61 Å². The maximum absolute atomic E-state index is 10.4. The van der Waals surface area contributed by atoms with E-state index in [0.29, 0.717) is 13.0 Å². The van der Waals surface area contributed by atoms with E-state index in [1.54, 1.807) is 0 Å². The van der Waals surface area contributed by atoms with Gasteiger partial charge in [-0.2, -0.15) is 0 Å². The van der Waals surface area contributed by atoms with Crippen LogP contribution in [-0.2, 0) is 4.74 Å². The zero-order chi connectivity index (χ0) is 11.4. The summed E-state index contributed by atoms with van der Waals surface area (Å²) >= 11 is 0. The number of rotatable bonds is 4. The molecule has 0 radical (unpaired) electrons. The molecule has 2 N–H and O–H groups in total. The van der Waals surface area contributed by atoms with Gasteiger partial charge in [-0.1, -0.05) is 0 Å². The minimum atomic E-state index is -0.995. The SMILES string of the molecule is CC(C)(CCOC(C)(C)C)NC(=O)O. The van der Waals surface area contributed by atoms with Crippen LogP contribution in [0.5, 0.6) is 0 Å². The number of hydrogen-bond acceptors (Lipinski definition) is 2. The van der Waals surface area contributed by atoms with Gasteiger partial charge in [0.1, 0.15) is 0 Å². The second-order valence-corrected chi connectivity index (χ2v) is 5.02. The van der Waals surface area contributed by atoms with E-state index in [0.717, 1.165) is 0 Å². The van der Waals surface area contributed by atoms with Crippen LogP contribution in [0.1, 0.15) is 41.0 Å². The Kier molecular flexibility index (Phi) is 4.39. The predicted octanol–water partition coefficient (Wildman–Crippen LogP) is 2.24. The van der Waals surface area contributed by atoms with Gasteiger partial charge >= 0.3 is 6.09 Å². The van der Waals surface area contributed by atoms with Crippen molar-refractivity contribution in [1.29, 1.82) is 0 Å². The lowest BCUT2D eigenvalue weighted by Gasteiger charge is -2.27. The molecule has 84 valence electrons. The predicted molar refractivity (Wildman–Crippen MR) is 55.6 cm³/mol. The lowest BCUT2D eigenvalue weighted by molar-refractivity contribution is -0.0110. The first-order chi connectivity index (χ1) is 6.12. The van der Waals surface area contributed by atoms with E-state index in [-0.39, 0.29) is 5.60 Å². The topological polar surface area (TPSA) is 58.6 Å². The fraction of sp³-hybridized carbons (Fsp3) is 0.900.